The van der Waals surface area contributed by atoms with E-state index in [4.69, 9.17) is 5.73 Å². The molecule has 0 spiro atoms. The van der Waals surface area contributed by atoms with Crippen molar-refractivity contribution in [3.05, 3.63) is 95.7 Å². The van der Waals surface area contributed by atoms with Crippen LogP contribution in [0.3, 0.4) is 0 Å². The van der Waals surface area contributed by atoms with E-state index in [0.717, 1.165) is 15.1 Å². The monoisotopic (exact) mass is 517 g/mol. The number of hydrogen-bond acceptors (Lipinski definition) is 1. The van der Waals surface area contributed by atoms with Gasteiger partial charge in [-0.15, -0.1) is 39.7 Å². The number of benzene rings is 3. The Morgan fingerprint density at radius 3 is 1.53 bits per heavy atom. The van der Waals surface area contributed by atoms with E-state index in [2.05, 4.69) is 67.7 Å². The first kappa shape index (κ1) is 32.7. The van der Waals surface area contributed by atoms with Crippen molar-refractivity contribution in [1.29, 1.82) is 0 Å². The number of nitrogens with one attached hydrogen (secondary N) is 1. The number of fused-ring (bicyclic) bond motifs is 3. The Kier molecular flexibility index (Phi) is 15.7. The molecule has 0 aliphatic carbocycles. The van der Waals surface area contributed by atoms with Crippen LogP contribution in [0.2, 0.25) is 13.1 Å². The maximum Gasteiger partial charge on any atom is 4.00 e. The zero-order valence-corrected chi connectivity index (χ0v) is 23.2. The minimum Gasteiger partial charge on any atom is -1.00 e. The summed E-state index contributed by atoms with van der Waals surface area (Å²) in [5.41, 5.74) is 8.47. The molecule has 0 atom stereocenters. The van der Waals surface area contributed by atoms with E-state index >= 15 is 0 Å². The van der Waals surface area contributed by atoms with Crippen molar-refractivity contribution in [2.75, 3.05) is 0 Å². The van der Waals surface area contributed by atoms with Crippen molar-refractivity contribution < 1.29 is 51.3 Å². The molecule has 0 aliphatic heterocycles. The minimum atomic E-state index is -0.606. The van der Waals surface area contributed by atoms with Crippen molar-refractivity contribution in [2.45, 2.75) is 39.3 Å². The molecule has 0 heterocycles. The fourth-order valence-corrected chi connectivity index (χ4v) is 3.24. The van der Waals surface area contributed by atoms with Gasteiger partial charge < -0.3 is 35.3 Å². The summed E-state index contributed by atoms with van der Waals surface area (Å²) in [7, 11) is 1.08. The molecule has 166 valence electrons. The van der Waals surface area contributed by atoms with Crippen LogP contribution < -0.4 is 24.8 Å². The predicted molar refractivity (Wildman–Crippen MR) is 128 cm³/mol. The smallest absolute Gasteiger partial charge is 1.00 e. The van der Waals surface area contributed by atoms with Crippen molar-refractivity contribution in [3.8, 4) is 0 Å². The van der Waals surface area contributed by atoms with Gasteiger partial charge in [0.2, 0.25) is 0 Å². The third-order valence-corrected chi connectivity index (χ3v) is 4.50. The fourth-order valence-electron chi connectivity index (χ4n) is 3.24. The molecule has 0 saturated heterocycles. The molecule has 2 radical (unpaired) electrons. The third-order valence-electron chi connectivity index (χ3n) is 4.50. The van der Waals surface area contributed by atoms with Gasteiger partial charge in [0.15, 0.2) is 0 Å². The molecule has 0 aliphatic rings. The Morgan fingerprint density at radius 1 is 0.781 bits per heavy atom. The first-order valence-corrected chi connectivity index (χ1v) is 11.8. The van der Waals surface area contributed by atoms with E-state index in [0.29, 0.717) is 5.56 Å². The molecular weight excluding hydrogens is 489 g/mol. The standard InChI is InChI=1S/C13H9.C11H15NO.C2H6Si.2ClH.Ti/c1-3-7-12-10(5-1)9-11-6-2-4-8-13(11)12;1-11(2,3)9-7-5-4-6-8(9)10(12)13;1-3-2;;;/h1-9H;4-7H,1-3H3,(H2,12,13);1-2H3;2*1H;/q-1;;;;;+4/p-3. The van der Waals surface area contributed by atoms with Gasteiger partial charge in [-0.3, -0.25) is 0 Å². The van der Waals surface area contributed by atoms with Crippen LogP contribution in [-0.4, -0.2) is 15.4 Å². The van der Waals surface area contributed by atoms with Gasteiger partial charge in [0, 0.05) is 15.1 Å². The first-order valence-electron chi connectivity index (χ1n) is 9.76. The first-order chi connectivity index (χ1) is 13.8. The molecule has 4 rings (SSSR count). The molecule has 0 saturated carbocycles. The van der Waals surface area contributed by atoms with Crippen LogP contribution in [0.25, 0.3) is 27.3 Å². The topological polar surface area (TPSA) is 40.9 Å². The molecule has 4 aromatic carbocycles. The van der Waals surface area contributed by atoms with Crippen molar-refractivity contribution in [2.24, 2.45) is 0 Å². The third kappa shape index (κ3) is 8.80. The van der Waals surface area contributed by atoms with Crippen LogP contribution in [0.15, 0.2) is 78.9 Å². The van der Waals surface area contributed by atoms with Gasteiger partial charge in [-0.25, -0.2) is 0 Å². The van der Waals surface area contributed by atoms with E-state index in [9.17, 15) is 4.79 Å². The quantitative estimate of drug-likeness (QED) is 0.280. The minimum absolute atomic E-state index is 0. The number of amides is 1. The summed E-state index contributed by atoms with van der Waals surface area (Å²) in [5, 5.41) is 5.39. The molecule has 2 nitrogen and oxygen atoms in total. The van der Waals surface area contributed by atoms with Crippen LogP contribution in [-0.2, 0) is 27.1 Å². The van der Waals surface area contributed by atoms with Crippen LogP contribution in [0.4, 0.5) is 0 Å². The number of hydrogen-bond donors (Lipinski definition) is 0. The van der Waals surface area contributed by atoms with Crippen LogP contribution in [0.1, 0.15) is 36.7 Å². The molecule has 0 aromatic heterocycles. The van der Waals surface area contributed by atoms with E-state index in [1.165, 1.54) is 21.5 Å². The summed E-state index contributed by atoms with van der Waals surface area (Å²) >= 11 is 0. The summed E-state index contributed by atoms with van der Waals surface area (Å²) in [6.45, 7) is 10.4. The Bertz CT molecular complexity index is 1040. The maximum atomic E-state index is 11.0. The molecule has 1 N–H and O–H groups in total. The average molecular weight is 518 g/mol. The van der Waals surface area contributed by atoms with Crippen LogP contribution in [0.5, 0.6) is 0 Å². The molecular formula is C26H29Cl2NOSiTi. The normalized spacial score (nSPS) is 9.66. The molecule has 1 amide bonds. The molecule has 32 heavy (non-hydrogen) atoms. The molecule has 0 bridgehead atoms. The Labute approximate surface area is 222 Å². The van der Waals surface area contributed by atoms with Crippen LogP contribution >= 0.6 is 0 Å². The number of carbonyl (C=O) groups excluding carboxylic acids is 1. The SMILES string of the molecule is CC(C)(C)c1ccccc1C([NH-])=O.C[Si]C.[Cl-].[Cl-].[Ti+4].c1ccc2c(c1)[cH-]c1ccccc12. The second-order valence-corrected chi connectivity index (χ2v) is 8.94. The molecule has 0 unspecified atom stereocenters. The summed E-state index contributed by atoms with van der Waals surface area (Å²) in [5.74, 6) is -0.606. The van der Waals surface area contributed by atoms with Crippen LogP contribution in [0, 0.1) is 0 Å². The molecule has 6 heteroatoms. The van der Waals surface area contributed by atoms with Gasteiger partial charge in [-0.2, -0.15) is 0 Å². The Hall–Kier alpha value is -1.49. The Morgan fingerprint density at radius 2 is 1.16 bits per heavy atom. The summed E-state index contributed by atoms with van der Waals surface area (Å²) in [6.07, 6.45) is 0. The maximum absolute atomic E-state index is 11.0. The number of carbonyl (C=O) groups is 1. The zero-order valence-electron chi connectivity index (χ0n) is 19.2. The molecule has 4 aromatic rings. The van der Waals surface area contributed by atoms with E-state index in [-0.39, 0.29) is 51.9 Å². The van der Waals surface area contributed by atoms with Gasteiger partial charge >= 0.3 is 21.7 Å². The van der Waals surface area contributed by atoms with Crippen molar-refractivity contribution in [3.63, 3.8) is 0 Å². The van der Waals surface area contributed by atoms with E-state index in [1.807, 2.05) is 32.9 Å². The summed E-state index contributed by atoms with van der Waals surface area (Å²) < 4.78 is 0. The summed E-state index contributed by atoms with van der Waals surface area (Å²) in [4.78, 5) is 11.0. The predicted octanol–water partition coefficient (Wildman–Crippen LogP) is 1.68. The average Bonchev–Trinajstić information content (AvgIpc) is 3.07. The van der Waals surface area contributed by atoms with Gasteiger partial charge in [0.25, 0.3) is 0 Å². The second-order valence-electron chi connectivity index (χ2n) is 7.94. The van der Waals surface area contributed by atoms with Gasteiger partial charge in [0.05, 0.1) is 5.91 Å². The van der Waals surface area contributed by atoms with Crippen molar-refractivity contribution >= 4 is 37.0 Å². The largest absolute Gasteiger partial charge is 4.00 e. The zero-order chi connectivity index (χ0) is 21.4. The van der Waals surface area contributed by atoms with Gasteiger partial charge in [-0.1, -0.05) is 94.5 Å². The van der Waals surface area contributed by atoms with E-state index < -0.39 is 5.91 Å². The Balaban J connectivity index is 0. The second kappa shape index (κ2) is 15.4. The number of halogens is 2. The van der Waals surface area contributed by atoms with Gasteiger partial charge in [-0.05, 0) is 11.0 Å². The fraction of sp³-hybridized carbons (Fsp3) is 0.231. The van der Waals surface area contributed by atoms with Gasteiger partial charge in [0.1, 0.15) is 0 Å². The summed E-state index contributed by atoms with van der Waals surface area (Å²) in [6, 6.07) is 26.6. The van der Waals surface area contributed by atoms with Crippen molar-refractivity contribution in [1.82, 2.24) is 0 Å². The number of rotatable bonds is 1. The van der Waals surface area contributed by atoms with E-state index in [1.54, 1.807) is 12.1 Å². The molecule has 0 fully saturated rings.